The van der Waals surface area contributed by atoms with Crippen molar-refractivity contribution in [1.29, 1.82) is 0 Å². The molecule has 0 unspecified atom stereocenters. The summed E-state index contributed by atoms with van der Waals surface area (Å²) in [5, 5.41) is 12.5. The van der Waals surface area contributed by atoms with Crippen LogP contribution in [0.4, 0.5) is 5.69 Å². The lowest BCUT2D eigenvalue weighted by molar-refractivity contribution is -0.524. The number of anilines is 1. The van der Waals surface area contributed by atoms with Gasteiger partial charge in [0.25, 0.3) is 0 Å². The zero-order valence-electron chi connectivity index (χ0n) is 18.8. The SMILES string of the molecule is COc1ccc([C@H]2[C@@H]([N+](=O)[O-])[C@@H]3C=Cc4ccccc4N3[C@@H]2C(=O)c2ccccc2)cc1OC. The standard InChI is InChI=1S/C27H24N2O5/c1-33-22-15-13-19(16-23(22)34-2)24-25(29(31)32)21-14-12-17-8-6-7-11-20(17)28(21)26(24)27(30)18-9-4-3-5-10-18/h3-16,21,24-26H,1-2H3/t21-,24-,25-,26-/m0/s1. The summed E-state index contributed by atoms with van der Waals surface area (Å²) in [6.07, 6.45) is 3.76. The molecule has 2 aliphatic rings. The van der Waals surface area contributed by atoms with Crippen LogP contribution < -0.4 is 14.4 Å². The second-order valence-electron chi connectivity index (χ2n) is 8.41. The summed E-state index contributed by atoms with van der Waals surface area (Å²) in [7, 11) is 3.06. The highest BCUT2D eigenvalue weighted by molar-refractivity contribution is 6.04. The number of carbonyl (C=O) groups excluding carboxylic acids is 1. The Morgan fingerprint density at radius 2 is 1.65 bits per heavy atom. The molecule has 0 bridgehead atoms. The van der Waals surface area contributed by atoms with Crippen molar-refractivity contribution in [3.05, 3.63) is 106 Å². The van der Waals surface area contributed by atoms with Crippen LogP contribution in [0.1, 0.15) is 27.4 Å². The Labute approximate surface area is 197 Å². The van der Waals surface area contributed by atoms with Crippen LogP contribution in [-0.2, 0) is 0 Å². The first-order chi connectivity index (χ1) is 16.5. The van der Waals surface area contributed by atoms with Crippen molar-refractivity contribution < 1.29 is 19.2 Å². The Hall–Kier alpha value is -4.13. The maximum atomic E-state index is 14.0. The minimum Gasteiger partial charge on any atom is -0.493 e. The van der Waals surface area contributed by atoms with Crippen LogP contribution in [0.15, 0.2) is 78.9 Å². The molecule has 5 rings (SSSR count). The van der Waals surface area contributed by atoms with Crippen LogP contribution in [0.2, 0.25) is 0 Å². The molecule has 34 heavy (non-hydrogen) atoms. The smallest absolute Gasteiger partial charge is 0.245 e. The van der Waals surface area contributed by atoms with Gasteiger partial charge in [0, 0.05) is 16.2 Å². The fraction of sp³-hybridized carbons (Fsp3) is 0.222. The summed E-state index contributed by atoms with van der Waals surface area (Å²) in [5.74, 6) is 0.132. The Morgan fingerprint density at radius 3 is 2.35 bits per heavy atom. The number of rotatable bonds is 6. The van der Waals surface area contributed by atoms with Crippen LogP contribution in [0, 0.1) is 10.1 Å². The molecule has 0 amide bonds. The van der Waals surface area contributed by atoms with E-state index < -0.39 is 24.0 Å². The number of ketones is 1. The molecular weight excluding hydrogens is 432 g/mol. The van der Waals surface area contributed by atoms with E-state index in [1.54, 1.807) is 42.5 Å². The van der Waals surface area contributed by atoms with E-state index in [4.69, 9.17) is 9.47 Å². The van der Waals surface area contributed by atoms with Gasteiger partial charge in [0.05, 0.1) is 20.1 Å². The quantitative estimate of drug-likeness (QED) is 0.306. The predicted octanol–water partition coefficient (Wildman–Crippen LogP) is 4.60. The summed E-state index contributed by atoms with van der Waals surface area (Å²) in [4.78, 5) is 28.2. The first kappa shape index (κ1) is 21.7. The second kappa shape index (κ2) is 8.67. The lowest BCUT2D eigenvalue weighted by atomic mass is 9.83. The molecule has 0 N–H and O–H groups in total. The zero-order chi connectivity index (χ0) is 23.8. The number of hydrogen-bond donors (Lipinski definition) is 0. The number of Topliss-reactive ketones (excluding diaryl/α,β-unsaturated/α-hetero) is 1. The van der Waals surface area contributed by atoms with Crippen LogP contribution in [-0.4, -0.2) is 43.1 Å². The third-order valence-electron chi connectivity index (χ3n) is 6.73. The first-order valence-corrected chi connectivity index (χ1v) is 11.1. The van der Waals surface area contributed by atoms with Crippen molar-refractivity contribution >= 4 is 17.5 Å². The van der Waals surface area contributed by atoms with Gasteiger partial charge in [-0.1, -0.05) is 66.7 Å². The maximum absolute atomic E-state index is 14.0. The largest absolute Gasteiger partial charge is 0.493 e. The summed E-state index contributed by atoms with van der Waals surface area (Å²) in [6, 6.07) is 19.6. The number of ether oxygens (including phenoxy) is 2. The minimum atomic E-state index is -1.03. The van der Waals surface area contributed by atoms with Gasteiger partial charge in [0.15, 0.2) is 17.3 Å². The second-order valence-corrected chi connectivity index (χ2v) is 8.41. The Bertz CT molecular complexity index is 1270. The molecule has 1 fully saturated rings. The summed E-state index contributed by atoms with van der Waals surface area (Å²) in [6.45, 7) is 0. The van der Waals surface area contributed by atoms with Crippen molar-refractivity contribution in [2.75, 3.05) is 19.1 Å². The third-order valence-corrected chi connectivity index (χ3v) is 6.73. The fourth-order valence-corrected chi connectivity index (χ4v) is 5.26. The van der Waals surface area contributed by atoms with Crippen molar-refractivity contribution in [3.8, 4) is 11.5 Å². The van der Waals surface area contributed by atoms with E-state index >= 15 is 0 Å². The Morgan fingerprint density at radius 1 is 0.941 bits per heavy atom. The van der Waals surface area contributed by atoms with E-state index in [-0.39, 0.29) is 10.7 Å². The van der Waals surface area contributed by atoms with Gasteiger partial charge in [0.1, 0.15) is 12.1 Å². The van der Waals surface area contributed by atoms with Gasteiger partial charge in [-0.05, 0) is 29.3 Å². The Balaban J connectivity index is 1.73. The first-order valence-electron chi connectivity index (χ1n) is 11.1. The van der Waals surface area contributed by atoms with Gasteiger partial charge in [-0.2, -0.15) is 0 Å². The lowest BCUT2D eigenvalue weighted by Crippen LogP contribution is -2.44. The molecule has 172 valence electrons. The molecule has 4 atom stereocenters. The van der Waals surface area contributed by atoms with E-state index in [0.29, 0.717) is 22.6 Å². The molecule has 0 aliphatic carbocycles. The molecule has 3 aromatic carbocycles. The molecule has 2 aliphatic heterocycles. The van der Waals surface area contributed by atoms with Gasteiger partial charge in [-0.25, -0.2) is 0 Å². The summed E-state index contributed by atoms with van der Waals surface area (Å²) in [5.41, 5.74) is 2.93. The van der Waals surface area contributed by atoms with Crippen molar-refractivity contribution in [3.63, 3.8) is 0 Å². The van der Waals surface area contributed by atoms with E-state index in [9.17, 15) is 14.9 Å². The number of carbonyl (C=O) groups is 1. The number of hydrogen-bond acceptors (Lipinski definition) is 6. The van der Waals surface area contributed by atoms with E-state index in [1.807, 2.05) is 47.4 Å². The van der Waals surface area contributed by atoms with Gasteiger partial charge >= 0.3 is 0 Å². The molecule has 2 heterocycles. The van der Waals surface area contributed by atoms with Crippen LogP contribution >= 0.6 is 0 Å². The number of nitro groups is 1. The zero-order valence-corrected chi connectivity index (χ0v) is 18.8. The van der Waals surface area contributed by atoms with Crippen LogP contribution in [0.3, 0.4) is 0 Å². The maximum Gasteiger partial charge on any atom is 0.245 e. The summed E-state index contributed by atoms with van der Waals surface area (Å²) >= 11 is 0. The molecule has 0 radical (unpaired) electrons. The molecule has 1 saturated heterocycles. The van der Waals surface area contributed by atoms with Crippen molar-refractivity contribution in [1.82, 2.24) is 0 Å². The number of fused-ring (bicyclic) bond motifs is 3. The average molecular weight is 456 g/mol. The topological polar surface area (TPSA) is 81.9 Å². The predicted molar refractivity (Wildman–Crippen MR) is 129 cm³/mol. The molecule has 3 aromatic rings. The van der Waals surface area contributed by atoms with Crippen molar-refractivity contribution in [2.45, 2.75) is 24.0 Å². The van der Waals surface area contributed by atoms with Gasteiger partial charge < -0.3 is 14.4 Å². The van der Waals surface area contributed by atoms with Gasteiger partial charge in [0.2, 0.25) is 6.04 Å². The number of methoxy groups -OCH3 is 2. The molecular formula is C27H24N2O5. The summed E-state index contributed by atoms with van der Waals surface area (Å²) < 4.78 is 10.8. The highest BCUT2D eigenvalue weighted by Crippen LogP contribution is 2.48. The highest BCUT2D eigenvalue weighted by Gasteiger charge is 2.59. The molecule has 0 aromatic heterocycles. The number of benzene rings is 3. The van der Waals surface area contributed by atoms with E-state index in [1.165, 1.54) is 14.2 Å². The highest BCUT2D eigenvalue weighted by atomic mass is 16.6. The van der Waals surface area contributed by atoms with E-state index in [2.05, 4.69) is 0 Å². The fourth-order valence-electron chi connectivity index (χ4n) is 5.26. The lowest BCUT2D eigenvalue weighted by Gasteiger charge is -2.34. The normalized spacial score (nSPS) is 22.6. The van der Waals surface area contributed by atoms with Crippen LogP contribution in [0.25, 0.3) is 6.08 Å². The van der Waals surface area contributed by atoms with Gasteiger partial charge in [-0.3, -0.25) is 14.9 Å². The van der Waals surface area contributed by atoms with Gasteiger partial charge in [-0.15, -0.1) is 0 Å². The molecule has 7 heteroatoms. The molecule has 0 spiro atoms. The molecule has 0 saturated carbocycles. The third kappa shape index (κ3) is 3.41. The number of nitrogens with zero attached hydrogens (tertiary/aromatic N) is 2. The minimum absolute atomic E-state index is 0.153. The average Bonchev–Trinajstić information content (AvgIpc) is 3.24. The van der Waals surface area contributed by atoms with E-state index in [0.717, 1.165) is 11.3 Å². The monoisotopic (exact) mass is 456 g/mol. The van der Waals surface area contributed by atoms with Crippen LogP contribution in [0.5, 0.6) is 11.5 Å². The molecule has 7 nitrogen and oxygen atoms in total. The Kier molecular flexibility index (Phi) is 5.53. The number of para-hydroxylation sites is 1. The van der Waals surface area contributed by atoms with Crippen molar-refractivity contribution in [2.24, 2.45) is 0 Å².